The molecule has 0 aliphatic heterocycles. The summed E-state index contributed by atoms with van der Waals surface area (Å²) in [6.45, 7) is 10.7. The molecule has 0 aromatic heterocycles. The topological polar surface area (TPSA) is 58.6 Å². The number of hydrogen-bond acceptors (Lipinski definition) is 3. The van der Waals surface area contributed by atoms with Crippen LogP contribution in [0.3, 0.4) is 0 Å². The minimum absolute atomic E-state index is 0.0284. The lowest BCUT2D eigenvalue weighted by Crippen LogP contribution is -2.33. The molecular formula is C21H34N2O3. The van der Waals surface area contributed by atoms with E-state index in [0.717, 1.165) is 42.8 Å². The van der Waals surface area contributed by atoms with Crippen LogP contribution in [0, 0.1) is 13.8 Å². The number of rotatable bonds is 12. The number of amides is 2. The van der Waals surface area contributed by atoms with Crippen LogP contribution in [0.15, 0.2) is 18.2 Å². The van der Waals surface area contributed by atoms with Gasteiger partial charge in [-0.05, 0) is 56.4 Å². The molecule has 5 heteroatoms. The van der Waals surface area contributed by atoms with Crippen molar-refractivity contribution in [1.82, 2.24) is 10.2 Å². The van der Waals surface area contributed by atoms with Gasteiger partial charge in [0.05, 0.1) is 6.54 Å². The van der Waals surface area contributed by atoms with Gasteiger partial charge in [-0.15, -0.1) is 0 Å². The highest BCUT2D eigenvalue weighted by Crippen LogP contribution is 2.15. The van der Waals surface area contributed by atoms with Crippen LogP contribution in [0.5, 0.6) is 5.75 Å². The largest absolute Gasteiger partial charge is 0.492 e. The molecule has 26 heavy (non-hydrogen) atoms. The van der Waals surface area contributed by atoms with Crippen molar-refractivity contribution in [2.75, 3.05) is 26.2 Å². The van der Waals surface area contributed by atoms with Crippen molar-refractivity contribution in [3.63, 3.8) is 0 Å². The van der Waals surface area contributed by atoms with Crippen LogP contribution in [0.4, 0.5) is 0 Å². The average Bonchev–Trinajstić information content (AvgIpc) is 2.57. The van der Waals surface area contributed by atoms with Crippen molar-refractivity contribution in [3.05, 3.63) is 29.3 Å². The number of aryl methyl sites for hydroxylation is 2. The Morgan fingerprint density at radius 1 is 1.00 bits per heavy atom. The summed E-state index contributed by atoms with van der Waals surface area (Å²) < 4.78 is 5.67. The highest BCUT2D eigenvalue weighted by atomic mass is 16.5. The summed E-state index contributed by atoms with van der Waals surface area (Å²) in [5, 5.41) is 2.85. The van der Waals surface area contributed by atoms with Gasteiger partial charge in [-0.3, -0.25) is 9.59 Å². The Morgan fingerprint density at radius 3 is 2.19 bits per heavy atom. The lowest BCUT2D eigenvalue weighted by molar-refractivity contribution is -0.131. The summed E-state index contributed by atoms with van der Waals surface area (Å²) in [6, 6.07) is 6.07. The Morgan fingerprint density at radius 2 is 1.62 bits per heavy atom. The highest BCUT2D eigenvalue weighted by Gasteiger charge is 2.12. The predicted molar refractivity (Wildman–Crippen MR) is 105 cm³/mol. The number of benzene rings is 1. The van der Waals surface area contributed by atoms with Crippen molar-refractivity contribution >= 4 is 11.8 Å². The minimum Gasteiger partial charge on any atom is -0.492 e. The Kier molecular flexibility index (Phi) is 10.4. The summed E-state index contributed by atoms with van der Waals surface area (Å²) in [5.74, 6) is 0.952. The quantitative estimate of drug-likeness (QED) is 0.578. The molecule has 0 fully saturated rings. The first kappa shape index (κ1) is 22.0. The summed E-state index contributed by atoms with van der Waals surface area (Å²) in [6.07, 6.45) is 3.33. The Balaban J connectivity index is 2.19. The van der Waals surface area contributed by atoms with Gasteiger partial charge in [-0.2, -0.15) is 0 Å². The van der Waals surface area contributed by atoms with Gasteiger partial charge < -0.3 is 15.0 Å². The van der Waals surface area contributed by atoms with E-state index in [-0.39, 0.29) is 11.8 Å². The van der Waals surface area contributed by atoms with Gasteiger partial charge in [-0.25, -0.2) is 0 Å². The molecule has 0 saturated heterocycles. The molecule has 1 aromatic rings. The fourth-order valence-electron chi connectivity index (χ4n) is 2.92. The molecular weight excluding hydrogens is 328 g/mol. The molecule has 0 saturated carbocycles. The average molecular weight is 363 g/mol. The van der Waals surface area contributed by atoms with E-state index in [1.54, 1.807) is 0 Å². The second-order valence-electron chi connectivity index (χ2n) is 6.76. The number of hydrogen-bond donors (Lipinski definition) is 1. The lowest BCUT2D eigenvalue weighted by Gasteiger charge is -2.21. The molecule has 2 amide bonds. The van der Waals surface area contributed by atoms with Crippen LogP contribution in [-0.2, 0) is 9.59 Å². The molecule has 0 heterocycles. The fourth-order valence-corrected chi connectivity index (χ4v) is 2.92. The highest BCUT2D eigenvalue weighted by molar-refractivity contribution is 5.78. The van der Waals surface area contributed by atoms with E-state index < -0.39 is 0 Å². The SMILES string of the molecule is CCCN(CCC)C(=O)CCCC(=O)NCCOc1cc(C)cc(C)c1. The zero-order valence-electron chi connectivity index (χ0n) is 16.8. The minimum atomic E-state index is -0.0284. The summed E-state index contributed by atoms with van der Waals surface area (Å²) in [4.78, 5) is 25.9. The summed E-state index contributed by atoms with van der Waals surface area (Å²) in [7, 11) is 0. The van der Waals surface area contributed by atoms with Gasteiger partial charge in [0.25, 0.3) is 0 Å². The van der Waals surface area contributed by atoms with Gasteiger partial charge in [-0.1, -0.05) is 19.9 Å². The maximum absolute atomic E-state index is 12.2. The molecule has 0 radical (unpaired) electrons. The smallest absolute Gasteiger partial charge is 0.222 e. The second-order valence-corrected chi connectivity index (χ2v) is 6.76. The van der Waals surface area contributed by atoms with Gasteiger partial charge >= 0.3 is 0 Å². The maximum Gasteiger partial charge on any atom is 0.222 e. The van der Waals surface area contributed by atoms with Crippen molar-refractivity contribution in [2.45, 2.75) is 59.8 Å². The van der Waals surface area contributed by atoms with E-state index in [2.05, 4.69) is 25.2 Å². The summed E-state index contributed by atoms with van der Waals surface area (Å²) >= 11 is 0. The van der Waals surface area contributed by atoms with Crippen LogP contribution in [0.2, 0.25) is 0 Å². The van der Waals surface area contributed by atoms with E-state index in [9.17, 15) is 9.59 Å². The molecule has 0 aliphatic carbocycles. The summed E-state index contributed by atoms with van der Waals surface area (Å²) in [5.41, 5.74) is 2.32. The molecule has 1 aromatic carbocycles. The van der Waals surface area contributed by atoms with E-state index in [1.165, 1.54) is 0 Å². The third kappa shape index (κ3) is 8.88. The monoisotopic (exact) mass is 362 g/mol. The first-order valence-corrected chi connectivity index (χ1v) is 9.71. The van der Waals surface area contributed by atoms with Crippen LogP contribution < -0.4 is 10.1 Å². The van der Waals surface area contributed by atoms with Crippen LogP contribution in [0.25, 0.3) is 0 Å². The molecule has 1 N–H and O–H groups in total. The van der Waals surface area contributed by atoms with Gasteiger partial charge in [0.1, 0.15) is 12.4 Å². The van der Waals surface area contributed by atoms with Gasteiger partial charge in [0.15, 0.2) is 0 Å². The van der Waals surface area contributed by atoms with Crippen molar-refractivity contribution in [3.8, 4) is 5.75 Å². The molecule has 0 atom stereocenters. The van der Waals surface area contributed by atoms with Crippen LogP contribution in [-0.4, -0.2) is 43.0 Å². The van der Waals surface area contributed by atoms with Crippen LogP contribution in [0.1, 0.15) is 57.1 Å². The van der Waals surface area contributed by atoms with E-state index in [4.69, 9.17) is 4.74 Å². The molecule has 0 bridgehead atoms. The van der Waals surface area contributed by atoms with Gasteiger partial charge in [0.2, 0.25) is 11.8 Å². The zero-order valence-corrected chi connectivity index (χ0v) is 16.8. The Labute approximate surface area is 158 Å². The number of nitrogens with zero attached hydrogens (tertiary/aromatic N) is 1. The van der Waals surface area contributed by atoms with E-state index in [1.807, 2.05) is 30.9 Å². The van der Waals surface area contributed by atoms with Crippen molar-refractivity contribution < 1.29 is 14.3 Å². The third-order valence-electron chi connectivity index (χ3n) is 4.02. The van der Waals surface area contributed by atoms with Crippen LogP contribution >= 0.6 is 0 Å². The Hall–Kier alpha value is -2.04. The molecule has 0 spiro atoms. The van der Waals surface area contributed by atoms with Crippen molar-refractivity contribution in [1.29, 1.82) is 0 Å². The lowest BCUT2D eigenvalue weighted by atomic mass is 10.1. The number of carbonyl (C=O) groups excluding carboxylic acids is 2. The molecule has 0 aliphatic rings. The predicted octanol–water partition coefficient (Wildman–Crippen LogP) is 3.62. The molecule has 0 unspecified atom stereocenters. The molecule has 146 valence electrons. The Bertz CT molecular complexity index is 546. The van der Waals surface area contributed by atoms with Crippen molar-refractivity contribution in [2.24, 2.45) is 0 Å². The normalized spacial score (nSPS) is 10.5. The molecule has 5 nitrogen and oxygen atoms in total. The zero-order chi connectivity index (χ0) is 19.4. The fraction of sp³-hybridized carbons (Fsp3) is 0.619. The maximum atomic E-state index is 12.2. The standard InChI is InChI=1S/C21H34N2O3/c1-5-11-23(12-6-2)21(25)9-7-8-20(24)22-10-13-26-19-15-17(3)14-18(4)16-19/h14-16H,5-13H2,1-4H3,(H,22,24). The number of carbonyl (C=O) groups is 2. The second kappa shape index (κ2) is 12.3. The molecule has 1 rings (SSSR count). The third-order valence-corrected chi connectivity index (χ3v) is 4.02. The van der Waals surface area contributed by atoms with E-state index >= 15 is 0 Å². The van der Waals surface area contributed by atoms with Gasteiger partial charge in [0, 0.05) is 25.9 Å². The van der Waals surface area contributed by atoms with E-state index in [0.29, 0.717) is 32.4 Å². The number of nitrogens with one attached hydrogen (secondary N) is 1. The first-order chi connectivity index (χ1) is 12.5. The number of ether oxygens (including phenoxy) is 1. The first-order valence-electron chi connectivity index (χ1n) is 9.71.